The number of rotatable bonds is 4. The smallest absolute Gasteiger partial charge is 0.242 e. The van der Waals surface area contributed by atoms with Crippen molar-refractivity contribution in [3.8, 4) is 5.75 Å². The summed E-state index contributed by atoms with van der Waals surface area (Å²) in [6, 6.07) is 6.78. The van der Waals surface area contributed by atoms with Crippen molar-refractivity contribution in [2.75, 3.05) is 14.2 Å². The first-order valence-electron chi connectivity index (χ1n) is 10.7. The van der Waals surface area contributed by atoms with E-state index in [1.165, 1.54) is 36.1 Å². The van der Waals surface area contributed by atoms with Crippen molar-refractivity contribution in [3.05, 3.63) is 29.3 Å². The quantitative estimate of drug-likeness (QED) is 0.465. The van der Waals surface area contributed by atoms with Crippen LogP contribution < -0.4 is 4.43 Å². The largest absolute Gasteiger partial charge is 0.544 e. The molecule has 5 atom stereocenters. The van der Waals surface area contributed by atoms with Gasteiger partial charge in [-0.25, -0.2) is 0 Å². The van der Waals surface area contributed by atoms with E-state index < -0.39 is 8.32 Å². The van der Waals surface area contributed by atoms with E-state index in [0.717, 1.165) is 18.6 Å². The molecule has 3 aliphatic rings. The predicted molar refractivity (Wildman–Crippen MR) is 116 cm³/mol. The Bertz CT molecular complexity index is 772. The summed E-state index contributed by atoms with van der Waals surface area (Å²) in [6.07, 6.45) is 5.98. The van der Waals surface area contributed by atoms with Gasteiger partial charge < -0.3 is 14.0 Å². The van der Waals surface area contributed by atoms with E-state index in [2.05, 4.69) is 49.9 Å². The number of methoxy groups -OCH3 is 1. The molecule has 28 heavy (non-hydrogen) atoms. The molecule has 4 rings (SSSR count). The molecule has 2 fully saturated rings. The van der Waals surface area contributed by atoms with Gasteiger partial charge in [0.05, 0.1) is 11.8 Å². The van der Waals surface area contributed by atoms with Crippen LogP contribution >= 0.6 is 0 Å². The molecule has 0 heterocycles. The number of nitrogens with zero attached hydrogens (tertiary/aromatic N) is 1. The van der Waals surface area contributed by atoms with Crippen LogP contribution in [0.2, 0.25) is 19.6 Å². The van der Waals surface area contributed by atoms with Gasteiger partial charge in [-0.2, -0.15) is 0 Å². The van der Waals surface area contributed by atoms with Crippen molar-refractivity contribution in [1.82, 2.24) is 0 Å². The lowest BCUT2D eigenvalue weighted by atomic mass is 9.55. The Hall–Kier alpha value is -1.33. The Balaban J connectivity index is 1.68. The minimum Gasteiger partial charge on any atom is -0.544 e. The van der Waals surface area contributed by atoms with Crippen LogP contribution in [0.1, 0.15) is 62.2 Å². The van der Waals surface area contributed by atoms with Crippen molar-refractivity contribution < 1.29 is 14.0 Å². The lowest BCUT2D eigenvalue weighted by Gasteiger charge is -2.50. The Morgan fingerprint density at radius 1 is 1.11 bits per heavy atom. The van der Waals surface area contributed by atoms with Gasteiger partial charge in [-0.3, -0.25) is 0 Å². The summed E-state index contributed by atoms with van der Waals surface area (Å²) >= 11 is 0. The van der Waals surface area contributed by atoms with Crippen molar-refractivity contribution in [1.29, 1.82) is 0 Å². The molecule has 3 aliphatic carbocycles. The van der Waals surface area contributed by atoms with Crippen molar-refractivity contribution in [2.24, 2.45) is 22.4 Å². The molecule has 0 saturated heterocycles. The molecule has 0 aliphatic heterocycles. The summed E-state index contributed by atoms with van der Waals surface area (Å²) in [5.74, 6) is 2.96. The van der Waals surface area contributed by atoms with E-state index in [1.807, 2.05) is 7.11 Å². The lowest BCUT2D eigenvalue weighted by Crippen LogP contribution is -2.43. The van der Waals surface area contributed by atoms with Gasteiger partial charge in [-0.05, 0) is 92.8 Å². The maximum atomic E-state index is 6.28. The molecule has 0 aromatic heterocycles. The van der Waals surface area contributed by atoms with E-state index in [0.29, 0.717) is 17.8 Å². The zero-order valence-corrected chi connectivity index (χ0v) is 19.2. The van der Waals surface area contributed by atoms with Gasteiger partial charge in [0.2, 0.25) is 8.32 Å². The molecule has 0 spiro atoms. The maximum absolute atomic E-state index is 6.28. The highest BCUT2D eigenvalue weighted by molar-refractivity contribution is 6.70. The van der Waals surface area contributed by atoms with Gasteiger partial charge in [0.1, 0.15) is 12.9 Å². The fourth-order valence-electron chi connectivity index (χ4n) is 6.23. The summed E-state index contributed by atoms with van der Waals surface area (Å²) < 4.78 is 12.3. The highest BCUT2D eigenvalue weighted by Gasteiger charge is 2.55. The molecule has 0 N–H and O–H groups in total. The van der Waals surface area contributed by atoms with E-state index >= 15 is 0 Å². The summed E-state index contributed by atoms with van der Waals surface area (Å²) in [5.41, 5.74) is 4.31. The summed E-state index contributed by atoms with van der Waals surface area (Å²) in [5, 5.41) is 4.42. The lowest BCUT2D eigenvalue weighted by molar-refractivity contribution is 0.0136. The van der Waals surface area contributed by atoms with Crippen LogP contribution in [0.4, 0.5) is 0 Å². The number of fused-ring (bicyclic) bond motifs is 5. The first-order chi connectivity index (χ1) is 13.3. The summed E-state index contributed by atoms with van der Waals surface area (Å²) in [4.78, 5) is 5.18. The van der Waals surface area contributed by atoms with Crippen LogP contribution in [0.25, 0.3) is 0 Å². The average Bonchev–Trinajstić information content (AvgIpc) is 2.96. The molecule has 2 saturated carbocycles. The fourth-order valence-corrected chi connectivity index (χ4v) is 7.07. The van der Waals surface area contributed by atoms with Crippen LogP contribution in [-0.2, 0) is 9.57 Å². The third-order valence-corrected chi connectivity index (χ3v) is 8.23. The van der Waals surface area contributed by atoms with Gasteiger partial charge in [-0.1, -0.05) is 18.1 Å². The molecule has 4 nitrogen and oxygen atoms in total. The van der Waals surface area contributed by atoms with E-state index in [1.54, 1.807) is 7.11 Å². The second-order valence-corrected chi connectivity index (χ2v) is 14.5. The fraction of sp³-hybridized carbons (Fsp3) is 0.696. The molecule has 5 heteroatoms. The summed E-state index contributed by atoms with van der Waals surface area (Å²) in [7, 11) is 1.91. The Labute approximate surface area is 170 Å². The molecule has 0 unspecified atom stereocenters. The van der Waals surface area contributed by atoms with Crippen molar-refractivity contribution in [3.63, 3.8) is 0 Å². The summed E-state index contributed by atoms with van der Waals surface area (Å²) in [6.45, 7) is 9.12. The van der Waals surface area contributed by atoms with Gasteiger partial charge in [0.15, 0.2) is 0 Å². The number of oxime groups is 1. The molecular formula is C23H35NO3Si. The van der Waals surface area contributed by atoms with E-state index in [4.69, 9.17) is 14.0 Å². The molecule has 1 aromatic carbocycles. The minimum absolute atomic E-state index is 0.159. The number of hydrogen-bond acceptors (Lipinski definition) is 4. The standard InChI is InChI=1S/C23H35NO3Si/c1-23-12-11-17-16-8-7-15(27-28(4,5)6)13-19(16)21(25-2)14-18(17)20(23)9-10-22(23)24-26-3/h7-8,13,17-18,20-21H,9-12,14H2,1-6H3/b24-22+/t17-,18-,20+,21+,23+/m1/s1. The van der Waals surface area contributed by atoms with Gasteiger partial charge in [0, 0.05) is 12.5 Å². The van der Waals surface area contributed by atoms with Gasteiger partial charge in [0.25, 0.3) is 0 Å². The zero-order chi connectivity index (χ0) is 20.1. The van der Waals surface area contributed by atoms with E-state index in [9.17, 15) is 0 Å². The average molecular weight is 402 g/mol. The number of ether oxygens (including phenoxy) is 1. The first-order valence-corrected chi connectivity index (χ1v) is 14.1. The predicted octanol–water partition coefficient (Wildman–Crippen LogP) is 5.90. The second-order valence-electron chi connectivity index (χ2n) is 10.1. The molecule has 154 valence electrons. The third kappa shape index (κ3) is 3.30. The minimum atomic E-state index is -1.62. The first kappa shape index (κ1) is 20.0. The van der Waals surface area contributed by atoms with Crippen LogP contribution in [0.5, 0.6) is 5.75 Å². The van der Waals surface area contributed by atoms with Crippen LogP contribution in [-0.4, -0.2) is 28.2 Å². The topological polar surface area (TPSA) is 40.0 Å². The monoisotopic (exact) mass is 401 g/mol. The van der Waals surface area contributed by atoms with Crippen LogP contribution in [0.15, 0.2) is 23.4 Å². The zero-order valence-electron chi connectivity index (χ0n) is 18.2. The van der Waals surface area contributed by atoms with Crippen LogP contribution in [0, 0.1) is 17.3 Å². The molecule has 1 aromatic rings. The second kappa shape index (κ2) is 7.17. The molecular weight excluding hydrogens is 366 g/mol. The van der Waals surface area contributed by atoms with Crippen molar-refractivity contribution in [2.45, 2.75) is 70.7 Å². The Kier molecular flexibility index (Phi) is 5.11. The SMILES string of the molecule is CO/N=C1\CC[C@H]2[C@@H]3C[C@H](OC)c4cc(O[Si](C)(C)C)ccc4[C@H]3CC[C@]12C. The highest BCUT2D eigenvalue weighted by Crippen LogP contribution is 2.61. The molecule has 0 amide bonds. The third-order valence-electron chi connectivity index (χ3n) is 7.38. The number of hydrogen-bond donors (Lipinski definition) is 0. The Morgan fingerprint density at radius 3 is 2.57 bits per heavy atom. The Morgan fingerprint density at radius 2 is 1.89 bits per heavy atom. The molecule has 0 bridgehead atoms. The van der Waals surface area contributed by atoms with Gasteiger partial charge in [-0.15, -0.1) is 0 Å². The number of benzene rings is 1. The normalized spacial score (nSPS) is 35.9. The molecule has 0 radical (unpaired) electrons. The van der Waals surface area contributed by atoms with Crippen molar-refractivity contribution >= 4 is 14.0 Å². The maximum Gasteiger partial charge on any atom is 0.242 e. The highest BCUT2D eigenvalue weighted by atomic mass is 28.4. The van der Waals surface area contributed by atoms with E-state index in [-0.39, 0.29) is 11.5 Å². The van der Waals surface area contributed by atoms with Crippen LogP contribution in [0.3, 0.4) is 0 Å². The van der Waals surface area contributed by atoms with Gasteiger partial charge >= 0.3 is 0 Å².